The van der Waals surface area contributed by atoms with Crippen LogP contribution in [0.5, 0.6) is 0 Å². The van der Waals surface area contributed by atoms with E-state index in [1.807, 2.05) is 18.2 Å². The number of rotatable bonds is 2. The second-order valence-corrected chi connectivity index (χ2v) is 4.33. The molecule has 1 N–H and O–H groups in total. The molecule has 0 saturated heterocycles. The normalized spacial score (nSPS) is 8.40. The predicted octanol–water partition coefficient (Wildman–Crippen LogP) is 1.86. The number of hydrogen-bond acceptors (Lipinski definition) is 3. The van der Waals surface area contributed by atoms with Crippen LogP contribution in [0.25, 0.3) is 0 Å². The smallest absolute Gasteiger partial charge is 0.0946 e. The van der Waals surface area contributed by atoms with E-state index < -0.39 is 11.2 Å². The fourth-order valence-electron chi connectivity index (χ4n) is 0.471. The van der Waals surface area contributed by atoms with Crippen molar-refractivity contribution in [2.24, 2.45) is 0 Å². The van der Waals surface area contributed by atoms with E-state index in [9.17, 15) is 4.55 Å². The molecule has 88 valence electrons. The number of pyridine rings is 1. The van der Waals surface area contributed by atoms with Gasteiger partial charge >= 0.3 is 0 Å². The van der Waals surface area contributed by atoms with Crippen LogP contribution in [0.4, 0.5) is 0 Å². The Labute approximate surface area is 95.7 Å². The third-order valence-corrected chi connectivity index (χ3v) is 1.08. The minimum absolute atomic E-state index is 0.344. The molecule has 0 unspecified atom stereocenters. The average molecular weight is 231 g/mol. The molecule has 0 spiro atoms. The van der Waals surface area contributed by atoms with E-state index in [0.717, 1.165) is 12.8 Å². The van der Waals surface area contributed by atoms with Crippen LogP contribution in [0.3, 0.4) is 0 Å². The Morgan fingerprint density at radius 3 is 1.73 bits per heavy atom. The Bertz CT molecular complexity index is 152. The first-order chi connectivity index (χ1) is 7.15. The number of unbranched alkanes of at least 4 members (excludes halogenated alkanes) is 1. The maximum atomic E-state index is 9.56. The zero-order valence-corrected chi connectivity index (χ0v) is 10.5. The Hall–Kier alpha value is -0.580. The molecule has 1 aromatic rings. The molecule has 4 heteroatoms. The summed E-state index contributed by atoms with van der Waals surface area (Å²) in [7, 11) is 0. The summed E-state index contributed by atoms with van der Waals surface area (Å²) in [5.74, 6) is 0. The molecule has 0 fully saturated rings. The van der Waals surface area contributed by atoms with Crippen molar-refractivity contribution in [1.82, 2.24) is 4.98 Å². The van der Waals surface area contributed by atoms with Crippen molar-refractivity contribution >= 4 is 11.2 Å². The van der Waals surface area contributed by atoms with Crippen molar-refractivity contribution in [2.45, 2.75) is 19.8 Å². The molecule has 0 atom stereocenters. The van der Waals surface area contributed by atoms with Crippen LogP contribution in [0.1, 0.15) is 19.8 Å². The van der Waals surface area contributed by atoms with Crippen molar-refractivity contribution in [2.75, 3.05) is 19.1 Å². The lowest BCUT2D eigenvalue weighted by atomic mass is 10.4. The molecule has 0 saturated carbocycles. The third kappa shape index (κ3) is 31.8. The molecule has 1 heterocycles. The Morgan fingerprint density at radius 2 is 1.67 bits per heavy atom. The lowest BCUT2D eigenvalue weighted by molar-refractivity contribution is 0.287. The van der Waals surface area contributed by atoms with Gasteiger partial charge in [0.25, 0.3) is 0 Å². The first kappa shape index (κ1) is 16.8. The minimum Gasteiger partial charge on any atom is -0.617 e. The van der Waals surface area contributed by atoms with Crippen LogP contribution < -0.4 is 0 Å². The van der Waals surface area contributed by atoms with Crippen molar-refractivity contribution in [1.29, 1.82) is 0 Å². The van der Waals surface area contributed by atoms with Crippen LogP contribution in [0, 0.1) is 0 Å². The summed E-state index contributed by atoms with van der Waals surface area (Å²) in [6.07, 6.45) is 8.82. The third-order valence-electron chi connectivity index (χ3n) is 1.08. The molecule has 0 aliphatic heterocycles. The van der Waals surface area contributed by atoms with Crippen molar-refractivity contribution in [3.8, 4) is 0 Å². The summed E-state index contributed by atoms with van der Waals surface area (Å²) in [6.45, 7) is 2.40. The van der Waals surface area contributed by atoms with Gasteiger partial charge in [-0.3, -0.25) is 4.98 Å². The average Bonchev–Trinajstić information content (AvgIpc) is 2.22. The van der Waals surface area contributed by atoms with Gasteiger partial charge in [-0.2, -0.15) is 0 Å². The van der Waals surface area contributed by atoms with Crippen LogP contribution >= 0.6 is 0 Å². The Balaban J connectivity index is 0. The van der Waals surface area contributed by atoms with Crippen LogP contribution in [0.15, 0.2) is 30.6 Å². The van der Waals surface area contributed by atoms with E-state index in [0.29, 0.717) is 6.61 Å². The molecule has 15 heavy (non-hydrogen) atoms. The molecule has 0 bridgehead atoms. The standard InChI is InChI=1S/C5H5N.C4H10O.C2H6OS/c1-2-4-6-5-3-1;1-2-3-4-5;1-4(2)3/h1-5H;5H,2-4H2,1H3;1-2H3. The number of aliphatic hydroxyl groups is 1. The molecule has 0 amide bonds. The van der Waals surface area contributed by atoms with Crippen molar-refractivity contribution in [3.05, 3.63) is 30.6 Å². The fraction of sp³-hybridized carbons (Fsp3) is 0.545. The van der Waals surface area contributed by atoms with E-state index in [1.54, 1.807) is 24.9 Å². The molecular weight excluding hydrogens is 210 g/mol. The van der Waals surface area contributed by atoms with Crippen molar-refractivity contribution in [3.63, 3.8) is 0 Å². The minimum atomic E-state index is -0.611. The van der Waals surface area contributed by atoms with Gasteiger partial charge in [0.2, 0.25) is 0 Å². The summed E-state index contributed by atoms with van der Waals surface area (Å²) in [6, 6.07) is 5.72. The van der Waals surface area contributed by atoms with Gasteiger partial charge in [0.1, 0.15) is 0 Å². The molecule has 1 aromatic heterocycles. The molecular formula is C11H21NO2S. The van der Waals surface area contributed by atoms with Crippen LogP contribution in [-0.4, -0.2) is 33.8 Å². The summed E-state index contributed by atoms with van der Waals surface area (Å²) in [4.78, 5) is 3.78. The molecule has 0 aliphatic rings. The van der Waals surface area contributed by atoms with Crippen LogP contribution in [-0.2, 0) is 11.2 Å². The largest absolute Gasteiger partial charge is 0.617 e. The molecule has 0 radical (unpaired) electrons. The predicted molar refractivity (Wildman–Crippen MR) is 66.2 cm³/mol. The van der Waals surface area contributed by atoms with Gasteiger partial charge in [0.15, 0.2) is 0 Å². The molecule has 0 aromatic carbocycles. The summed E-state index contributed by atoms with van der Waals surface area (Å²) >= 11 is -0.611. The van der Waals surface area contributed by atoms with E-state index in [-0.39, 0.29) is 0 Å². The maximum Gasteiger partial charge on any atom is 0.0946 e. The van der Waals surface area contributed by atoms with Gasteiger partial charge in [-0.05, 0) is 18.6 Å². The SMILES string of the molecule is CCCCO.C[S+](C)[O-].c1ccncc1. The van der Waals surface area contributed by atoms with E-state index >= 15 is 0 Å². The second-order valence-electron chi connectivity index (χ2n) is 2.84. The number of aromatic nitrogens is 1. The topological polar surface area (TPSA) is 56.2 Å². The lowest BCUT2D eigenvalue weighted by Gasteiger charge is -1.87. The van der Waals surface area contributed by atoms with Gasteiger partial charge in [0, 0.05) is 19.0 Å². The highest BCUT2D eigenvalue weighted by Gasteiger charge is 1.69. The Kier molecular flexibility index (Phi) is 17.8. The highest BCUT2D eigenvalue weighted by molar-refractivity contribution is 7.89. The Morgan fingerprint density at radius 1 is 1.20 bits per heavy atom. The van der Waals surface area contributed by atoms with Gasteiger partial charge < -0.3 is 9.66 Å². The highest BCUT2D eigenvalue weighted by Crippen LogP contribution is 1.78. The maximum absolute atomic E-state index is 9.56. The first-order valence-electron chi connectivity index (χ1n) is 4.86. The lowest BCUT2D eigenvalue weighted by Crippen LogP contribution is -1.86. The quantitative estimate of drug-likeness (QED) is 0.790. The zero-order chi connectivity index (χ0) is 11.9. The summed E-state index contributed by atoms with van der Waals surface area (Å²) in [5.41, 5.74) is 0. The van der Waals surface area contributed by atoms with Crippen LogP contribution in [0.2, 0.25) is 0 Å². The summed E-state index contributed by atoms with van der Waals surface area (Å²) in [5, 5.41) is 8.07. The summed E-state index contributed by atoms with van der Waals surface area (Å²) < 4.78 is 9.56. The van der Waals surface area contributed by atoms with E-state index in [1.165, 1.54) is 0 Å². The molecule has 1 rings (SSSR count). The molecule has 3 nitrogen and oxygen atoms in total. The van der Waals surface area contributed by atoms with Gasteiger partial charge in [0.05, 0.1) is 12.5 Å². The highest BCUT2D eigenvalue weighted by atomic mass is 32.2. The molecule has 0 aliphatic carbocycles. The number of nitrogens with zero attached hydrogens (tertiary/aromatic N) is 1. The number of aliphatic hydroxyl groups excluding tert-OH is 1. The fourth-order valence-corrected chi connectivity index (χ4v) is 0.471. The second kappa shape index (κ2) is 15.9. The monoisotopic (exact) mass is 231 g/mol. The number of hydrogen-bond donors (Lipinski definition) is 1. The van der Waals surface area contributed by atoms with E-state index in [2.05, 4.69) is 11.9 Å². The van der Waals surface area contributed by atoms with E-state index in [4.69, 9.17) is 5.11 Å². The van der Waals surface area contributed by atoms with Crippen molar-refractivity contribution < 1.29 is 9.66 Å². The van der Waals surface area contributed by atoms with Gasteiger partial charge in [-0.15, -0.1) is 0 Å². The zero-order valence-electron chi connectivity index (χ0n) is 9.72. The van der Waals surface area contributed by atoms with Gasteiger partial charge in [-0.25, -0.2) is 0 Å². The van der Waals surface area contributed by atoms with Gasteiger partial charge in [-0.1, -0.05) is 30.6 Å². The first-order valence-corrected chi connectivity index (χ1v) is 6.82.